The molecule has 2 fully saturated rings. The van der Waals surface area contributed by atoms with Crippen molar-refractivity contribution in [3.05, 3.63) is 0 Å². The topological polar surface area (TPSA) is 44.4 Å². The minimum absolute atomic E-state index is 0.0557. The summed E-state index contributed by atoms with van der Waals surface area (Å²) in [4.78, 5) is 14.8. The minimum atomic E-state index is -0.160. The standard InChI is InChI=1S/C15H29N3O/c1-10(13(19)17-14(2,3)4)18-9-11-7-16-8-12(11)15(18,5)6/h10-12,16H,7-9H2,1-6H3,(H,17,19). The summed E-state index contributed by atoms with van der Waals surface area (Å²) in [7, 11) is 0. The maximum atomic E-state index is 12.4. The van der Waals surface area contributed by atoms with Gasteiger partial charge in [-0.25, -0.2) is 0 Å². The lowest BCUT2D eigenvalue weighted by atomic mass is 9.84. The number of hydrogen-bond acceptors (Lipinski definition) is 3. The van der Waals surface area contributed by atoms with Gasteiger partial charge in [0, 0.05) is 24.2 Å². The van der Waals surface area contributed by atoms with Crippen LogP contribution in [0.1, 0.15) is 41.5 Å². The molecule has 2 saturated heterocycles. The molecular weight excluding hydrogens is 238 g/mol. The molecule has 0 aromatic heterocycles. The van der Waals surface area contributed by atoms with E-state index in [1.807, 2.05) is 27.7 Å². The van der Waals surface area contributed by atoms with Crippen molar-refractivity contribution in [2.24, 2.45) is 11.8 Å². The highest BCUT2D eigenvalue weighted by Crippen LogP contribution is 2.41. The Kier molecular flexibility index (Phi) is 3.69. The predicted octanol–water partition coefficient (Wildman–Crippen LogP) is 1.22. The monoisotopic (exact) mass is 267 g/mol. The number of carbonyl (C=O) groups is 1. The molecule has 4 nitrogen and oxygen atoms in total. The zero-order chi connectivity index (χ0) is 14.4. The molecule has 3 unspecified atom stereocenters. The zero-order valence-electron chi connectivity index (χ0n) is 13.2. The number of rotatable bonds is 2. The first kappa shape index (κ1) is 14.8. The largest absolute Gasteiger partial charge is 0.350 e. The molecule has 110 valence electrons. The van der Waals surface area contributed by atoms with Crippen LogP contribution in [-0.2, 0) is 4.79 Å². The van der Waals surface area contributed by atoms with Crippen LogP contribution in [0.3, 0.4) is 0 Å². The average molecular weight is 267 g/mol. The molecule has 4 heteroatoms. The van der Waals surface area contributed by atoms with E-state index in [9.17, 15) is 4.79 Å². The molecule has 3 atom stereocenters. The number of likely N-dealkylation sites (tertiary alicyclic amines) is 1. The van der Waals surface area contributed by atoms with Gasteiger partial charge < -0.3 is 10.6 Å². The number of nitrogens with zero attached hydrogens (tertiary/aromatic N) is 1. The smallest absolute Gasteiger partial charge is 0.237 e. The number of nitrogens with one attached hydrogen (secondary N) is 2. The van der Waals surface area contributed by atoms with Crippen LogP contribution in [0.2, 0.25) is 0 Å². The van der Waals surface area contributed by atoms with Gasteiger partial charge in [0.15, 0.2) is 0 Å². The summed E-state index contributed by atoms with van der Waals surface area (Å²) >= 11 is 0. The van der Waals surface area contributed by atoms with E-state index in [-0.39, 0.29) is 23.0 Å². The molecule has 2 aliphatic rings. The fourth-order valence-electron chi connectivity index (χ4n) is 3.73. The van der Waals surface area contributed by atoms with E-state index in [0.29, 0.717) is 11.8 Å². The first-order chi connectivity index (χ1) is 8.63. The fraction of sp³-hybridized carbons (Fsp3) is 0.933. The molecule has 0 bridgehead atoms. The molecule has 0 aliphatic carbocycles. The molecule has 0 spiro atoms. The number of hydrogen-bond donors (Lipinski definition) is 2. The third-order valence-electron chi connectivity index (χ3n) is 4.76. The second-order valence-electron chi connectivity index (χ2n) is 7.75. The fourth-order valence-corrected chi connectivity index (χ4v) is 3.73. The summed E-state index contributed by atoms with van der Waals surface area (Å²) in [5.41, 5.74) is -0.0601. The van der Waals surface area contributed by atoms with Gasteiger partial charge in [-0.3, -0.25) is 9.69 Å². The van der Waals surface area contributed by atoms with Crippen LogP contribution >= 0.6 is 0 Å². The highest BCUT2D eigenvalue weighted by atomic mass is 16.2. The number of carbonyl (C=O) groups excluding carboxylic acids is 1. The molecule has 1 amide bonds. The Balaban J connectivity index is 2.08. The van der Waals surface area contributed by atoms with Crippen LogP contribution in [0.25, 0.3) is 0 Å². The van der Waals surface area contributed by atoms with E-state index in [1.54, 1.807) is 0 Å². The molecule has 2 heterocycles. The maximum absolute atomic E-state index is 12.4. The Morgan fingerprint density at radius 1 is 1.37 bits per heavy atom. The highest BCUT2D eigenvalue weighted by Gasteiger charge is 2.51. The Morgan fingerprint density at radius 3 is 2.53 bits per heavy atom. The van der Waals surface area contributed by atoms with Crippen LogP contribution in [0.4, 0.5) is 0 Å². The second kappa shape index (κ2) is 4.74. The van der Waals surface area contributed by atoms with Gasteiger partial charge in [0.1, 0.15) is 0 Å². The molecule has 0 aromatic carbocycles. The van der Waals surface area contributed by atoms with E-state index < -0.39 is 0 Å². The van der Waals surface area contributed by atoms with Gasteiger partial charge in [0.2, 0.25) is 5.91 Å². The lowest BCUT2D eigenvalue weighted by Gasteiger charge is -2.39. The second-order valence-corrected chi connectivity index (χ2v) is 7.75. The minimum Gasteiger partial charge on any atom is -0.350 e. The number of fused-ring (bicyclic) bond motifs is 1. The van der Waals surface area contributed by atoms with E-state index in [0.717, 1.165) is 19.6 Å². The van der Waals surface area contributed by atoms with Crippen LogP contribution in [0.5, 0.6) is 0 Å². The van der Waals surface area contributed by atoms with Gasteiger partial charge in [0.25, 0.3) is 0 Å². The lowest BCUT2D eigenvalue weighted by molar-refractivity contribution is -0.129. The van der Waals surface area contributed by atoms with Crippen molar-refractivity contribution in [2.45, 2.75) is 58.7 Å². The first-order valence-corrected chi connectivity index (χ1v) is 7.42. The summed E-state index contributed by atoms with van der Waals surface area (Å²) in [6.45, 7) is 15.9. The van der Waals surface area contributed by atoms with Crippen LogP contribution in [0, 0.1) is 11.8 Å². The Hall–Kier alpha value is -0.610. The van der Waals surface area contributed by atoms with Crippen LogP contribution in [-0.4, -0.2) is 47.6 Å². The van der Waals surface area contributed by atoms with Crippen molar-refractivity contribution in [1.29, 1.82) is 0 Å². The van der Waals surface area contributed by atoms with E-state index >= 15 is 0 Å². The first-order valence-electron chi connectivity index (χ1n) is 7.42. The Bertz CT molecular complexity index is 359. The highest BCUT2D eigenvalue weighted by molar-refractivity contribution is 5.82. The molecule has 19 heavy (non-hydrogen) atoms. The molecular formula is C15H29N3O. The van der Waals surface area contributed by atoms with E-state index in [4.69, 9.17) is 0 Å². The third kappa shape index (κ3) is 2.79. The third-order valence-corrected chi connectivity index (χ3v) is 4.76. The summed E-state index contributed by atoms with van der Waals surface area (Å²) < 4.78 is 0. The van der Waals surface area contributed by atoms with Crippen molar-refractivity contribution in [3.63, 3.8) is 0 Å². The predicted molar refractivity (Wildman–Crippen MR) is 78.0 cm³/mol. The van der Waals surface area contributed by atoms with Crippen LogP contribution < -0.4 is 10.6 Å². The zero-order valence-corrected chi connectivity index (χ0v) is 13.2. The molecule has 0 aromatic rings. The van der Waals surface area contributed by atoms with Gasteiger partial charge >= 0.3 is 0 Å². The van der Waals surface area contributed by atoms with Crippen molar-refractivity contribution in [3.8, 4) is 0 Å². The summed E-state index contributed by atoms with van der Waals surface area (Å²) in [5, 5.41) is 6.58. The van der Waals surface area contributed by atoms with Gasteiger partial charge in [0.05, 0.1) is 6.04 Å². The van der Waals surface area contributed by atoms with E-state index in [1.165, 1.54) is 0 Å². The Labute approximate surface area is 117 Å². The quantitative estimate of drug-likeness (QED) is 0.791. The van der Waals surface area contributed by atoms with Crippen molar-refractivity contribution < 1.29 is 4.79 Å². The molecule has 2 rings (SSSR count). The molecule has 0 radical (unpaired) electrons. The maximum Gasteiger partial charge on any atom is 0.237 e. The lowest BCUT2D eigenvalue weighted by Crippen LogP contribution is -2.56. The van der Waals surface area contributed by atoms with E-state index in [2.05, 4.69) is 29.4 Å². The van der Waals surface area contributed by atoms with Crippen molar-refractivity contribution in [1.82, 2.24) is 15.5 Å². The average Bonchev–Trinajstić information content (AvgIpc) is 2.78. The van der Waals surface area contributed by atoms with Gasteiger partial charge in [-0.15, -0.1) is 0 Å². The van der Waals surface area contributed by atoms with Gasteiger partial charge in [-0.1, -0.05) is 0 Å². The molecule has 0 saturated carbocycles. The normalized spacial score (nSPS) is 32.1. The SMILES string of the molecule is CC(C(=O)NC(C)(C)C)N1CC2CNCC2C1(C)C. The summed E-state index contributed by atoms with van der Waals surface area (Å²) in [6.07, 6.45) is 0. The molecule has 2 aliphatic heterocycles. The summed E-state index contributed by atoms with van der Waals surface area (Å²) in [6, 6.07) is -0.0557. The molecule has 2 N–H and O–H groups in total. The Morgan fingerprint density at radius 2 is 2.00 bits per heavy atom. The van der Waals surface area contributed by atoms with Crippen molar-refractivity contribution in [2.75, 3.05) is 19.6 Å². The van der Waals surface area contributed by atoms with Crippen molar-refractivity contribution >= 4 is 5.91 Å². The van der Waals surface area contributed by atoms with Gasteiger partial charge in [-0.05, 0) is 59.9 Å². The van der Waals surface area contributed by atoms with Crippen LogP contribution in [0.15, 0.2) is 0 Å². The summed E-state index contributed by atoms with van der Waals surface area (Å²) in [5.74, 6) is 1.51. The number of amides is 1. The van der Waals surface area contributed by atoms with Gasteiger partial charge in [-0.2, -0.15) is 0 Å².